The molecular formula is C28H27N7S. The van der Waals surface area contributed by atoms with Gasteiger partial charge in [-0.1, -0.05) is 73.7 Å². The SMILES string of the molecule is CCc1nnc(N=Nc2ccc(N=Nc3ccc(NC(C)CC)c4ccccc34)c3ccccc23)s1. The highest BCUT2D eigenvalue weighted by molar-refractivity contribution is 7.14. The summed E-state index contributed by atoms with van der Waals surface area (Å²) in [6.45, 7) is 6.41. The number of hydrogen-bond acceptors (Lipinski definition) is 8. The Bertz CT molecular complexity index is 1570. The predicted molar refractivity (Wildman–Crippen MR) is 149 cm³/mol. The van der Waals surface area contributed by atoms with Crippen LogP contribution < -0.4 is 5.32 Å². The van der Waals surface area contributed by atoms with Gasteiger partial charge in [-0.25, -0.2) is 0 Å². The molecule has 0 aliphatic rings. The van der Waals surface area contributed by atoms with Crippen molar-refractivity contribution in [2.45, 2.75) is 39.7 Å². The molecule has 4 aromatic carbocycles. The first-order valence-electron chi connectivity index (χ1n) is 12.1. The minimum atomic E-state index is 0.392. The van der Waals surface area contributed by atoms with Gasteiger partial charge in [0, 0.05) is 33.3 Å². The fourth-order valence-corrected chi connectivity index (χ4v) is 4.54. The van der Waals surface area contributed by atoms with E-state index in [2.05, 4.69) is 74.1 Å². The van der Waals surface area contributed by atoms with Crippen molar-refractivity contribution in [3.8, 4) is 0 Å². The van der Waals surface area contributed by atoms with E-state index in [9.17, 15) is 0 Å². The van der Waals surface area contributed by atoms with Gasteiger partial charge in [0.1, 0.15) is 5.01 Å². The Hall–Kier alpha value is -4.04. The molecule has 0 spiro atoms. The van der Waals surface area contributed by atoms with Crippen LogP contribution in [0.1, 0.15) is 32.2 Å². The zero-order valence-corrected chi connectivity index (χ0v) is 21.3. The van der Waals surface area contributed by atoms with E-state index in [1.807, 2.05) is 55.5 Å². The van der Waals surface area contributed by atoms with Gasteiger partial charge in [0.05, 0.1) is 17.1 Å². The smallest absolute Gasteiger partial charge is 0.251 e. The van der Waals surface area contributed by atoms with E-state index < -0.39 is 0 Å². The number of anilines is 1. The van der Waals surface area contributed by atoms with Gasteiger partial charge >= 0.3 is 0 Å². The number of nitrogens with zero attached hydrogens (tertiary/aromatic N) is 6. The lowest BCUT2D eigenvalue weighted by atomic mass is 10.1. The van der Waals surface area contributed by atoms with Crippen molar-refractivity contribution >= 4 is 60.8 Å². The first kappa shape index (κ1) is 23.7. The number of aryl methyl sites for hydroxylation is 1. The first-order valence-corrected chi connectivity index (χ1v) is 12.9. The summed E-state index contributed by atoms with van der Waals surface area (Å²) in [5, 5.41) is 35.4. The highest BCUT2D eigenvalue weighted by atomic mass is 32.1. The number of azo groups is 2. The molecule has 5 aromatic rings. The topological polar surface area (TPSA) is 87.2 Å². The van der Waals surface area contributed by atoms with Crippen LogP contribution >= 0.6 is 11.3 Å². The van der Waals surface area contributed by atoms with Gasteiger partial charge in [-0.3, -0.25) is 0 Å². The number of hydrogen-bond donors (Lipinski definition) is 1. The maximum atomic E-state index is 4.66. The van der Waals surface area contributed by atoms with E-state index in [4.69, 9.17) is 0 Å². The van der Waals surface area contributed by atoms with Crippen molar-refractivity contribution in [2.75, 3.05) is 5.32 Å². The van der Waals surface area contributed by atoms with E-state index in [1.165, 1.54) is 11.3 Å². The summed E-state index contributed by atoms with van der Waals surface area (Å²) < 4.78 is 0. The molecular weight excluding hydrogens is 466 g/mol. The summed E-state index contributed by atoms with van der Waals surface area (Å²) in [5.74, 6) is 0. The Kier molecular flexibility index (Phi) is 7.04. The Morgan fingerprint density at radius 2 is 1.22 bits per heavy atom. The summed E-state index contributed by atoms with van der Waals surface area (Å²) in [7, 11) is 0. The molecule has 1 N–H and O–H groups in total. The molecule has 1 aromatic heterocycles. The molecule has 36 heavy (non-hydrogen) atoms. The molecule has 1 atom stereocenters. The first-order chi connectivity index (χ1) is 17.7. The molecule has 0 saturated heterocycles. The quantitative estimate of drug-likeness (QED) is 0.218. The maximum Gasteiger partial charge on any atom is 0.251 e. The second-order valence-electron chi connectivity index (χ2n) is 8.51. The van der Waals surface area contributed by atoms with Crippen molar-refractivity contribution in [1.29, 1.82) is 0 Å². The second-order valence-corrected chi connectivity index (χ2v) is 9.55. The van der Waals surface area contributed by atoms with Crippen LogP contribution in [0.4, 0.5) is 27.9 Å². The van der Waals surface area contributed by atoms with Gasteiger partial charge in [0.2, 0.25) is 0 Å². The van der Waals surface area contributed by atoms with Gasteiger partial charge in [-0.2, -0.15) is 0 Å². The minimum absolute atomic E-state index is 0.392. The summed E-state index contributed by atoms with van der Waals surface area (Å²) in [4.78, 5) is 0. The fourth-order valence-electron chi connectivity index (χ4n) is 3.94. The lowest BCUT2D eigenvalue weighted by Crippen LogP contribution is -2.13. The van der Waals surface area contributed by atoms with Crippen LogP contribution in [-0.2, 0) is 6.42 Å². The predicted octanol–water partition coefficient (Wildman–Crippen LogP) is 9.45. The number of nitrogens with one attached hydrogen (secondary N) is 1. The molecule has 1 unspecified atom stereocenters. The molecule has 0 aliphatic heterocycles. The van der Waals surface area contributed by atoms with Gasteiger partial charge in [0.25, 0.3) is 5.13 Å². The largest absolute Gasteiger partial charge is 0.382 e. The van der Waals surface area contributed by atoms with Gasteiger partial charge in [-0.15, -0.1) is 30.7 Å². The third kappa shape index (κ3) is 4.99. The molecule has 0 radical (unpaired) electrons. The van der Waals surface area contributed by atoms with Gasteiger partial charge in [-0.05, 0) is 44.0 Å². The highest BCUT2D eigenvalue weighted by Gasteiger charge is 2.09. The highest BCUT2D eigenvalue weighted by Crippen LogP contribution is 2.37. The lowest BCUT2D eigenvalue weighted by molar-refractivity contribution is 0.765. The van der Waals surface area contributed by atoms with Crippen molar-refractivity contribution in [2.24, 2.45) is 20.5 Å². The van der Waals surface area contributed by atoms with Crippen LogP contribution in [0.15, 0.2) is 93.3 Å². The van der Waals surface area contributed by atoms with E-state index in [-0.39, 0.29) is 0 Å². The monoisotopic (exact) mass is 493 g/mol. The molecule has 8 heteroatoms. The van der Waals surface area contributed by atoms with Gasteiger partial charge in [0.15, 0.2) is 0 Å². The third-order valence-electron chi connectivity index (χ3n) is 6.06. The third-order valence-corrected chi connectivity index (χ3v) is 7.01. The Morgan fingerprint density at radius 1 is 0.694 bits per heavy atom. The summed E-state index contributed by atoms with van der Waals surface area (Å²) in [6.07, 6.45) is 1.89. The molecule has 0 saturated carbocycles. The molecule has 7 nitrogen and oxygen atoms in total. The lowest BCUT2D eigenvalue weighted by Gasteiger charge is -2.15. The van der Waals surface area contributed by atoms with Crippen molar-refractivity contribution in [1.82, 2.24) is 10.2 Å². The standard InChI is InChI=1S/C28H27N7S/c1-4-18(3)29-23-14-15-24(20-11-7-6-10-19(20)23)30-31-25-16-17-26(22-13-9-8-12-21(22)25)32-34-28-35-33-27(5-2)36-28/h6-18,29H,4-5H2,1-3H3. The summed E-state index contributed by atoms with van der Waals surface area (Å²) >= 11 is 1.45. The molecule has 0 fully saturated rings. The molecule has 5 rings (SSSR count). The summed E-state index contributed by atoms with van der Waals surface area (Å²) in [5.41, 5.74) is 3.47. The minimum Gasteiger partial charge on any atom is -0.382 e. The average molecular weight is 494 g/mol. The number of rotatable bonds is 8. The summed E-state index contributed by atoms with van der Waals surface area (Å²) in [6, 6.07) is 24.7. The molecule has 0 amide bonds. The molecule has 180 valence electrons. The normalized spacial score (nSPS) is 12.8. The maximum absolute atomic E-state index is 4.66. The van der Waals surface area contributed by atoms with Crippen LogP contribution in [0.2, 0.25) is 0 Å². The fraction of sp³-hybridized carbons (Fsp3) is 0.214. The Balaban J connectivity index is 1.49. The Labute approximate surface area is 214 Å². The number of benzene rings is 4. The molecule has 0 aliphatic carbocycles. The zero-order chi connectivity index (χ0) is 24.9. The van der Waals surface area contributed by atoms with E-state index in [1.54, 1.807) is 0 Å². The van der Waals surface area contributed by atoms with Crippen LogP contribution in [0.3, 0.4) is 0 Å². The zero-order valence-electron chi connectivity index (χ0n) is 20.5. The van der Waals surface area contributed by atoms with E-state index >= 15 is 0 Å². The second kappa shape index (κ2) is 10.7. The van der Waals surface area contributed by atoms with Crippen LogP contribution in [0.25, 0.3) is 21.5 Å². The average Bonchev–Trinajstić information content (AvgIpc) is 3.40. The van der Waals surface area contributed by atoms with Crippen LogP contribution in [-0.4, -0.2) is 16.2 Å². The molecule has 0 bridgehead atoms. The van der Waals surface area contributed by atoms with E-state index in [0.29, 0.717) is 11.2 Å². The van der Waals surface area contributed by atoms with Gasteiger partial charge < -0.3 is 5.32 Å². The van der Waals surface area contributed by atoms with Crippen LogP contribution in [0, 0.1) is 0 Å². The van der Waals surface area contributed by atoms with Crippen molar-refractivity contribution in [3.63, 3.8) is 0 Å². The number of aromatic nitrogens is 2. The Morgan fingerprint density at radius 3 is 1.78 bits per heavy atom. The van der Waals surface area contributed by atoms with Crippen LogP contribution in [0.5, 0.6) is 0 Å². The molecule has 1 heterocycles. The van der Waals surface area contributed by atoms with Crippen molar-refractivity contribution < 1.29 is 0 Å². The van der Waals surface area contributed by atoms with Crippen molar-refractivity contribution in [3.05, 3.63) is 77.8 Å². The van der Waals surface area contributed by atoms with E-state index in [0.717, 1.165) is 62.1 Å². The number of fused-ring (bicyclic) bond motifs is 2.